The molecule has 0 spiro atoms. The molecule has 0 aromatic heterocycles. The van der Waals surface area contributed by atoms with Crippen molar-refractivity contribution in [1.82, 2.24) is 4.90 Å². The van der Waals surface area contributed by atoms with Gasteiger partial charge in [0.05, 0.1) is 11.4 Å². The molecule has 1 fully saturated rings. The number of nitrogens with zero attached hydrogens (tertiary/aromatic N) is 3. The predicted molar refractivity (Wildman–Crippen MR) is 171 cm³/mol. The van der Waals surface area contributed by atoms with Crippen LogP contribution in [0.15, 0.2) is 72.2 Å². The van der Waals surface area contributed by atoms with Crippen LogP contribution >= 0.6 is 0 Å². The van der Waals surface area contributed by atoms with Crippen LogP contribution in [0.2, 0.25) is 0 Å². The Kier molecular flexibility index (Phi) is 10.2. The van der Waals surface area contributed by atoms with E-state index in [1.54, 1.807) is 0 Å². The molecule has 0 saturated carbocycles. The van der Waals surface area contributed by atoms with E-state index in [2.05, 4.69) is 102 Å². The Morgan fingerprint density at radius 3 is 2.38 bits per heavy atom. The van der Waals surface area contributed by atoms with Crippen LogP contribution in [0.1, 0.15) is 55.4 Å². The molecule has 4 rings (SSSR count). The molecule has 3 aromatic carbocycles. The summed E-state index contributed by atoms with van der Waals surface area (Å²) in [6.07, 6.45) is 7.14. The van der Waals surface area contributed by atoms with Gasteiger partial charge in [0.15, 0.2) is 0 Å². The zero-order chi connectivity index (χ0) is 27.6. The summed E-state index contributed by atoms with van der Waals surface area (Å²) in [6.45, 7) is 16.5. The molecule has 0 atom stereocenters. The van der Waals surface area contributed by atoms with E-state index >= 15 is 0 Å². The van der Waals surface area contributed by atoms with Gasteiger partial charge < -0.3 is 20.4 Å². The maximum atomic E-state index is 4.81. The predicted octanol–water partition coefficient (Wildman–Crippen LogP) is 7.74. The average Bonchev–Trinajstić information content (AvgIpc) is 2.97. The maximum absolute atomic E-state index is 4.81. The van der Waals surface area contributed by atoms with Gasteiger partial charge in [0.1, 0.15) is 0 Å². The molecular formula is C34H45N5. The fraction of sp³-hybridized carbons (Fsp3) is 0.382. The number of benzene rings is 3. The summed E-state index contributed by atoms with van der Waals surface area (Å²) in [5, 5.41) is 6.78. The summed E-state index contributed by atoms with van der Waals surface area (Å²) in [5.41, 5.74) is 9.82. The highest BCUT2D eigenvalue weighted by atomic mass is 15.1. The molecule has 39 heavy (non-hydrogen) atoms. The standard InChI is InChI=1S/C34H45N5/c1-6-39(7-2)32-17-13-30(26(3)23-32)25-36-33-18-14-29(24-34(33)35-5)27(4)37-31-15-11-28(12-16-31)19-22-38-20-9-8-10-21-38/h11-18,23-25,35,37H,4,6-10,19-22H2,1-3,5H3. The van der Waals surface area contributed by atoms with Crippen molar-refractivity contribution < 1.29 is 0 Å². The molecule has 1 saturated heterocycles. The highest BCUT2D eigenvalue weighted by Gasteiger charge is 2.10. The number of aryl methyl sites for hydroxylation is 1. The quantitative estimate of drug-likeness (QED) is 0.238. The molecule has 0 aliphatic carbocycles. The lowest BCUT2D eigenvalue weighted by molar-refractivity contribution is 0.231. The van der Waals surface area contributed by atoms with Crippen LogP contribution in [0.3, 0.4) is 0 Å². The highest BCUT2D eigenvalue weighted by molar-refractivity contribution is 5.87. The number of hydrogen-bond donors (Lipinski definition) is 2. The molecule has 0 bridgehead atoms. The summed E-state index contributed by atoms with van der Waals surface area (Å²) in [5.74, 6) is 0. The molecular weight excluding hydrogens is 478 g/mol. The van der Waals surface area contributed by atoms with E-state index in [0.717, 1.165) is 59.9 Å². The van der Waals surface area contributed by atoms with E-state index in [0.29, 0.717) is 0 Å². The van der Waals surface area contributed by atoms with E-state index in [4.69, 9.17) is 4.99 Å². The summed E-state index contributed by atoms with van der Waals surface area (Å²) in [4.78, 5) is 9.76. The first-order chi connectivity index (χ1) is 19.0. The van der Waals surface area contributed by atoms with Crippen molar-refractivity contribution >= 4 is 34.7 Å². The Morgan fingerprint density at radius 1 is 0.974 bits per heavy atom. The maximum Gasteiger partial charge on any atom is 0.0861 e. The summed E-state index contributed by atoms with van der Waals surface area (Å²) < 4.78 is 0. The Hall–Kier alpha value is -3.57. The fourth-order valence-corrected chi connectivity index (χ4v) is 5.24. The minimum absolute atomic E-state index is 0.867. The van der Waals surface area contributed by atoms with Crippen molar-refractivity contribution in [3.05, 3.63) is 89.5 Å². The van der Waals surface area contributed by atoms with Crippen molar-refractivity contribution in [2.75, 3.05) is 55.3 Å². The van der Waals surface area contributed by atoms with Gasteiger partial charge in [0.25, 0.3) is 0 Å². The second-order valence-corrected chi connectivity index (χ2v) is 10.4. The van der Waals surface area contributed by atoms with Crippen molar-refractivity contribution in [3.63, 3.8) is 0 Å². The molecule has 5 nitrogen and oxygen atoms in total. The molecule has 3 aromatic rings. The second kappa shape index (κ2) is 14.0. The molecule has 0 amide bonds. The normalized spacial score (nSPS) is 13.9. The van der Waals surface area contributed by atoms with Crippen LogP contribution in [0.4, 0.5) is 22.7 Å². The Bertz CT molecular complexity index is 1250. The number of nitrogens with one attached hydrogen (secondary N) is 2. The van der Waals surface area contributed by atoms with E-state index in [1.807, 2.05) is 19.3 Å². The molecule has 5 heteroatoms. The summed E-state index contributed by atoms with van der Waals surface area (Å²) >= 11 is 0. The van der Waals surface area contributed by atoms with Gasteiger partial charge >= 0.3 is 0 Å². The van der Waals surface area contributed by atoms with Crippen LogP contribution in [0, 0.1) is 6.92 Å². The number of anilines is 3. The van der Waals surface area contributed by atoms with Gasteiger partial charge in [-0.05, 0) is 112 Å². The monoisotopic (exact) mass is 523 g/mol. The number of piperidine rings is 1. The van der Waals surface area contributed by atoms with E-state index < -0.39 is 0 Å². The highest BCUT2D eigenvalue weighted by Crippen LogP contribution is 2.29. The van der Waals surface area contributed by atoms with Crippen LogP contribution in [-0.2, 0) is 6.42 Å². The first-order valence-corrected chi connectivity index (χ1v) is 14.5. The van der Waals surface area contributed by atoms with E-state index in [1.165, 1.54) is 49.2 Å². The lowest BCUT2D eigenvalue weighted by atomic mass is 10.1. The summed E-state index contributed by atoms with van der Waals surface area (Å²) in [6, 6.07) is 21.6. The van der Waals surface area contributed by atoms with Crippen molar-refractivity contribution in [1.29, 1.82) is 0 Å². The third-order valence-corrected chi connectivity index (χ3v) is 7.75. The van der Waals surface area contributed by atoms with E-state index in [-0.39, 0.29) is 0 Å². The van der Waals surface area contributed by atoms with Gasteiger partial charge in [-0.1, -0.05) is 37.3 Å². The lowest BCUT2D eigenvalue weighted by Crippen LogP contribution is -2.31. The molecule has 2 N–H and O–H groups in total. The minimum atomic E-state index is 0.867. The van der Waals surface area contributed by atoms with Crippen LogP contribution < -0.4 is 15.5 Å². The first-order valence-electron chi connectivity index (χ1n) is 14.5. The van der Waals surface area contributed by atoms with Crippen molar-refractivity contribution in [2.45, 2.75) is 46.5 Å². The van der Waals surface area contributed by atoms with Gasteiger partial charge in [0.2, 0.25) is 0 Å². The second-order valence-electron chi connectivity index (χ2n) is 10.4. The van der Waals surface area contributed by atoms with Gasteiger partial charge in [-0.2, -0.15) is 0 Å². The van der Waals surface area contributed by atoms with E-state index in [9.17, 15) is 0 Å². The molecule has 0 unspecified atom stereocenters. The Morgan fingerprint density at radius 2 is 1.72 bits per heavy atom. The fourth-order valence-electron chi connectivity index (χ4n) is 5.24. The lowest BCUT2D eigenvalue weighted by Gasteiger charge is -2.26. The molecule has 0 radical (unpaired) electrons. The number of hydrogen-bond acceptors (Lipinski definition) is 5. The number of likely N-dealkylation sites (tertiary alicyclic amines) is 1. The van der Waals surface area contributed by atoms with Crippen LogP contribution in [-0.4, -0.2) is 50.9 Å². The van der Waals surface area contributed by atoms with Gasteiger partial charge in [-0.25, -0.2) is 0 Å². The van der Waals surface area contributed by atoms with Gasteiger partial charge in [-0.3, -0.25) is 4.99 Å². The SMILES string of the molecule is C=C(Nc1ccc(CCN2CCCCC2)cc1)c1ccc(N=Cc2ccc(N(CC)CC)cc2C)c(NC)c1. The molecule has 1 heterocycles. The third kappa shape index (κ3) is 7.73. The number of rotatable bonds is 12. The van der Waals surface area contributed by atoms with Crippen LogP contribution in [0.5, 0.6) is 0 Å². The average molecular weight is 524 g/mol. The van der Waals surface area contributed by atoms with Crippen LogP contribution in [0.25, 0.3) is 5.70 Å². The largest absolute Gasteiger partial charge is 0.386 e. The van der Waals surface area contributed by atoms with Gasteiger partial charge in [-0.15, -0.1) is 0 Å². The Labute approximate surface area is 235 Å². The zero-order valence-corrected chi connectivity index (χ0v) is 24.3. The zero-order valence-electron chi connectivity index (χ0n) is 24.3. The molecule has 1 aliphatic heterocycles. The molecule has 1 aliphatic rings. The van der Waals surface area contributed by atoms with Crippen molar-refractivity contribution in [2.24, 2.45) is 4.99 Å². The van der Waals surface area contributed by atoms with Crippen molar-refractivity contribution in [3.8, 4) is 0 Å². The Balaban J connectivity index is 1.38. The third-order valence-electron chi connectivity index (χ3n) is 7.75. The topological polar surface area (TPSA) is 42.9 Å². The summed E-state index contributed by atoms with van der Waals surface area (Å²) in [7, 11) is 1.93. The first kappa shape index (κ1) is 28.4. The minimum Gasteiger partial charge on any atom is -0.386 e. The van der Waals surface area contributed by atoms with Gasteiger partial charge in [0, 0.05) is 50.0 Å². The number of aliphatic imine (C=N–C) groups is 1. The molecule has 206 valence electrons. The smallest absolute Gasteiger partial charge is 0.0861 e.